The molecular weight excluding hydrogens is 306 g/mol. The molecule has 2 nitrogen and oxygen atoms in total. The summed E-state index contributed by atoms with van der Waals surface area (Å²) in [4.78, 5) is 2.57. The molecule has 0 aliphatic heterocycles. The molecule has 3 rings (SSSR count). The van der Waals surface area contributed by atoms with E-state index in [0.29, 0.717) is 0 Å². The summed E-state index contributed by atoms with van der Waals surface area (Å²) in [5.74, 6) is 0. The van der Waals surface area contributed by atoms with E-state index in [1.165, 1.54) is 43.2 Å². The van der Waals surface area contributed by atoms with Crippen LogP contribution >= 0.6 is 0 Å². The zero-order valence-corrected chi connectivity index (χ0v) is 15.5. The molecule has 134 valence electrons. The molecule has 1 aliphatic carbocycles. The number of benzene rings is 2. The molecule has 0 spiro atoms. The molecule has 0 N–H and O–H groups in total. The summed E-state index contributed by atoms with van der Waals surface area (Å²) in [5, 5.41) is 0. The molecule has 0 heterocycles. The van der Waals surface area contributed by atoms with Crippen LogP contribution in [-0.2, 0) is 17.8 Å². The zero-order chi connectivity index (χ0) is 17.4. The van der Waals surface area contributed by atoms with Crippen molar-refractivity contribution in [2.75, 3.05) is 13.7 Å². The van der Waals surface area contributed by atoms with Gasteiger partial charge in [-0.3, -0.25) is 4.90 Å². The Morgan fingerprint density at radius 2 is 1.32 bits per heavy atom. The highest BCUT2D eigenvalue weighted by Gasteiger charge is 2.31. The molecule has 0 saturated heterocycles. The van der Waals surface area contributed by atoms with Crippen LogP contribution in [0.2, 0.25) is 0 Å². The number of nitrogens with zero attached hydrogens (tertiary/aromatic N) is 1. The molecule has 2 aromatic rings. The van der Waals surface area contributed by atoms with Gasteiger partial charge in [-0.15, -0.1) is 0 Å². The Balaban J connectivity index is 1.67. The van der Waals surface area contributed by atoms with Gasteiger partial charge in [0.1, 0.15) is 0 Å². The third-order valence-corrected chi connectivity index (χ3v) is 5.58. The van der Waals surface area contributed by atoms with Gasteiger partial charge in [-0.05, 0) is 30.4 Å². The minimum absolute atomic E-state index is 0.101. The van der Waals surface area contributed by atoms with Crippen molar-refractivity contribution in [1.29, 1.82) is 0 Å². The lowest BCUT2D eigenvalue weighted by Crippen LogP contribution is -2.38. The minimum atomic E-state index is 0.101. The van der Waals surface area contributed by atoms with Gasteiger partial charge in [-0.1, -0.05) is 79.9 Å². The highest BCUT2D eigenvalue weighted by molar-refractivity contribution is 5.17. The second kappa shape index (κ2) is 9.17. The van der Waals surface area contributed by atoms with E-state index in [1.807, 2.05) is 7.11 Å². The molecule has 0 aromatic heterocycles. The topological polar surface area (TPSA) is 12.5 Å². The molecule has 1 aliphatic rings. The first-order valence-electron chi connectivity index (χ1n) is 9.65. The first kappa shape index (κ1) is 18.2. The van der Waals surface area contributed by atoms with Crippen LogP contribution in [0.15, 0.2) is 60.7 Å². The van der Waals surface area contributed by atoms with Crippen LogP contribution in [0.3, 0.4) is 0 Å². The molecule has 2 heteroatoms. The molecule has 0 unspecified atom stereocenters. The van der Waals surface area contributed by atoms with Gasteiger partial charge >= 0.3 is 0 Å². The summed E-state index contributed by atoms with van der Waals surface area (Å²) in [6, 6.07) is 21.6. The first-order valence-corrected chi connectivity index (χ1v) is 9.65. The maximum atomic E-state index is 6.00. The van der Waals surface area contributed by atoms with E-state index in [9.17, 15) is 0 Å². The summed E-state index contributed by atoms with van der Waals surface area (Å²) in [7, 11) is 1.91. The highest BCUT2D eigenvalue weighted by atomic mass is 16.5. The Morgan fingerprint density at radius 3 is 1.80 bits per heavy atom. The van der Waals surface area contributed by atoms with Crippen molar-refractivity contribution in [2.24, 2.45) is 0 Å². The Bertz CT molecular complexity index is 563. The Labute approximate surface area is 152 Å². The number of ether oxygens (including phenoxy) is 1. The SMILES string of the molecule is COC1(CCN(Cc2ccccc2)Cc2ccccc2)CCCCC1. The van der Waals surface area contributed by atoms with E-state index >= 15 is 0 Å². The Hall–Kier alpha value is -1.64. The van der Waals surface area contributed by atoms with Crippen molar-refractivity contribution in [2.45, 2.75) is 57.2 Å². The first-order chi connectivity index (χ1) is 12.3. The van der Waals surface area contributed by atoms with Gasteiger partial charge in [0.15, 0.2) is 0 Å². The fraction of sp³-hybridized carbons (Fsp3) is 0.478. The predicted molar refractivity (Wildman–Crippen MR) is 104 cm³/mol. The molecule has 1 saturated carbocycles. The summed E-state index contributed by atoms with van der Waals surface area (Å²) in [6.07, 6.45) is 7.55. The average molecular weight is 338 g/mol. The van der Waals surface area contributed by atoms with Crippen LogP contribution in [0.4, 0.5) is 0 Å². The van der Waals surface area contributed by atoms with Crippen molar-refractivity contribution in [3.63, 3.8) is 0 Å². The maximum Gasteiger partial charge on any atom is 0.0691 e. The van der Waals surface area contributed by atoms with E-state index in [-0.39, 0.29) is 5.60 Å². The number of hydrogen-bond donors (Lipinski definition) is 0. The lowest BCUT2D eigenvalue weighted by atomic mass is 9.82. The van der Waals surface area contributed by atoms with Crippen molar-refractivity contribution >= 4 is 0 Å². The third kappa shape index (κ3) is 5.42. The molecule has 0 radical (unpaired) electrons. The van der Waals surface area contributed by atoms with Crippen LogP contribution in [-0.4, -0.2) is 24.2 Å². The van der Waals surface area contributed by atoms with Gasteiger partial charge < -0.3 is 4.74 Å². The predicted octanol–water partition coefficient (Wildman–Crippen LogP) is 5.43. The van der Waals surface area contributed by atoms with Gasteiger partial charge in [0.25, 0.3) is 0 Å². The van der Waals surface area contributed by atoms with Gasteiger partial charge in [0, 0.05) is 26.7 Å². The number of rotatable bonds is 8. The maximum absolute atomic E-state index is 6.00. The summed E-state index contributed by atoms with van der Waals surface area (Å²) >= 11 is 0. The van der Waals surface area contributed by atoms with Gasteiger partial charge in [0.2, 0.25) is 0 Å². The Kier molecular flexibility index (Phi) is 6.66. The molecular formula is C23H31NO. The monoisotopic (exact) mass is 337 g/mol. The highest BCUT2D eigenvalue weighted by Crippen LogP contribution is 2.34. The zero-order valence-electron chi connectivity index (χ0n) is 15.5. The summed E-state index contributed by atoms with van der Waals surface area (Å²) in [6.45, 7) is 3.07. The fourth-order valence-electron chi connectivity index (χ4n) is 4.01. The van der Waals surface area contributed by atoms with E-state index in [2.05, 4.69) is 65.6 Å². The van der Waals surface area contributed by atoms with Crippen LogP contribution in [0.1, 0.15) is 49.7 Å². The quantitative estimate of drug-likeness (QED) is 0.637. The van der Waals surface area contributed by atoms with Crippen LogP contribution < -0.4 is 0 Å². The van der Waals surface area contributed by atoms with Crippen LogP contribution in [0.25, 0.3) is 0 Å². The van der Waals surface area contributed by atoms with Gasteiger partial charge in [0.05, 0.1) is 5.60 Å². The summed E-state index contributed by atoms with van der Waals surface area (Å²) < 4.78 is 6.00. The second-order valence-electron chi connectivity index (χ2n) is 7.38. The lowest BCUT2D eigenvalue weighted by Gasteiger charge is -2.38. The Morgan fingerprint density at radius 1 is 0.800 bits per heavy atom. The normalized spacial score (nSPS) is 16.9. The van der Waals surface area contributed by atoms with Crippen molar-refractivity contribution in [3.8, 4) is 0 Å². The van der Waals surface area contributed by atoms with Crippen molar-refractivity contribution < 1.29 is 4.74 Å². The van der Waals surface area contributed by atoms with Crippen LogP contribution in [0, 0.1) is 0 Å². The lowest BCUT2D eigenvalue weighted by molar-refractivity contribution is -0.0517. The largest absolute Gasteiger partial charge is 0.378 e. The number of methoxy groups -OCH3 is 1. The van der Waals surface area contributed by atoms with Crippen LogP contribution in [0.5, 0.6) is 0 Å². The molecule has 0 bridgehead atoms. The molecule has 2 aromatic carbocycles. The summed E-state index contributed by atoms with van der Waals surface area (Å²) in [5.41, 5.74) is 2.87. The van der Waals surface area contributed by atoms with Gasteiger partial charge in [-0.2, -0.15) is 0 Å². The van der Waals surface area contributed by atoms with Crippen molar-refractivity contribution in [3.05, 3.63) is 71.8 Å². The third-order valence-electron chi connectivity index (χ3n) is 5.58. The van der Waals surface area contributed by atoms with E-state index in [0.717, 1.165) is 26.1 Å². The van der Waals surface area contributed by atoms with E-state index < -0.39 is 0 Å². The van der Waals surface area contributed by atoms with Crippen molar-refractivity contribution in [1.82, 2.24) is 4.90 Å². The fourth-order valence-corrected chi connectivity index (χ4v) is 4.01. The van der Waals surface area contributed by atoms with Gasteiger partial charge in [-0.25, -0.2) is 0 Å². The molecule has 0 atom stereocenters. The second-order valence-corrected chi connectivity index (χ2v) is 7.38. The average Bonchev–Trinajstić information content (AvgIpc) is 2.68. The molecule has 25 heavy (non-hydrogen) atoms. The molecule has 1 fully saturated rings. The number of hydrogen-bond acceptors (Lipinski definition) is 2. The van der Waals surface area contributed by atoms with E-state index in [4.69, 9.17) is 4.74 Å². The van der Waals surface area contributed by atoms with E-state index in [1.54, 1.807) is 0 Å². The smallest absolute Gasteiger partial charge is 0.0691 e. The minimum Gasteiger partial charge on any atom is -0.378 e. The molecule has 0 amide bonds. The standard InChI is InChI=1S/C23H31NO/c1-25-23(15-9-4-10-16-23)17-18-24(19-21-11-5-2-6-12-21)20-22-13-7-3-8-14-22/h2-3,5-8,11-14H,4,9-10,15-20H2,1H3.